The number of aromatic amines is 1. The minimum Gasteiger partial charge on any atom is -0.352 e. The van der Waals surface area contributed by atoms with Crippen LogP contribution in [0, 0.1) is 5.82 Å². The first-order valence-electron chi connectivity index (χ1n) is 9.10. The molecule has 2 N–H and O–H groups in total. The van der Waals surface area contributed by atoms with Gasteiger partial charge in [0.2, 0.25) is 5.56 Å². The highest BCUT2D eigenvalue weighted by Gasteiger charge is 2.16. The first-order valence-corrected chi connectivity index (χ1v) is 10.7. The molecule has 150 valence electrons. The second-order valence-corrected chi connectivity index (χ2v) is 7.99. The number of aromatic nitrogens is 1. The molecule has 2 atom stereocenters. The van der Waals surface area contributed by atoms with Crippen molar-refractivity contribution < 1.29 is 13.4 Å². The molecule has 0 aliphatic rings. The normalized spacial score (nSPS) is 12.9. The van der Waals surface area contributed by atoms with Crippen LogP contribution in [0.4, 0.5) is 4.39 Å². The molecule has 29 heavy (non-hydrogen) atoms. The maximum absolute atomic E-state index is 13.4. The maximum Gasteiger partial charge on any atom is 0.251 e. The molecule has 5 nitrogen and oxygen atoms in total. The fourth-order valence-electron chi connectivity index (χ4n) is 3.13. The molecule has 2 aromatic carbocycles. The van der Waals surface area contributed by atoms with E-state index in [1.165, 1.54) is 30.5 Å². The van der Waals surface area contributed by atoms with E-state index in [-0.39, 0.29) is 23.2 Å². The van der Waals surface area contributed by atoms with E-state index in [1.54, 1.807) is 18.4 Å². The minimum atomic E-state index is -1.07. The zero-order valence-corrected chi connectivity index (χ0v) is 16.7. The Hall–Kier alpha value is -3.06. The number of H-pyrrole nitrogens is 1. The number of amides is 1. The van der Waals surface area contributed by atoms with Crippen molar-refractivity contribution in [2.75, 3.05) is 12.8 Å². The number of hydrogen-bond donors (Lipinski definition) is 2. The summed E-state index contributed by atoms with van der Waals surface area (Å²) in [4.78, 5) is 26.8. The van der Waals surface area contributed by atoms with Gasteiger partial charge in [0.1, 0.15) is 5.82 Å². The Labute approximate surface area is 170 Å². The number of halogens is 1. The molecule has 0 radical (unpaired) electrons. The van der Waals surface area contributed by atoms with Gasteiger partial charge in [-0.15, -0.1) is 0 Å². The Bertz CT molecular complexity index is 1060. The predicted octanol–water partition coefficient (Wildman–Crippen LogP) is 3.20. The van der Waals surface area contributed by atoms with Gasteiger partial charge in [0.05, 0.1) is 0 Å². The number of rotatable bonds is 7. The van der Waals surface area contributed by atoms with Gasteiger partial charge in [-0.25, -0.2) is 4.39 Å². The van der Waals surface area contributed by atoms with E-state index in [1.807, 2.05) is 24.3 Å². The van der Waals surface area contributed by atoms with Crippen molar-refractivity contribution in [2.24, 2.45) is 0 Å². The standard InChI is InChI=1S/C22H21FN2O3S/c1-29(28)19-8-4-16(5-9-19)20(15-2-6-18(23)7-3-15)11-13-25-22(27)17-10-12-24-21(26)14-17/h2-10,12,14,20H,11,13H2,1H3,(H,24,26)(H,25,27). The van der Waals surface area contributed by atoms with Crippen molar-refractivity contribution in [1.82, 2.24) is 10.3 Å². The third-order valence-corrected chi connectivity index (χ3v) is 5.58. The van der Waals surface area contributed by atoms with Crippen LogP contribution in [-0.2, 0) is 10.8 Å². The van der Waals surface area contributed by atoms with E-state index >= 15 is 0 Å². The molecule has 1 aromatic heterocycles. The third kappa shape index (κ3) is 5.48. The van der Waals surface area contributed by atoms with Crippen LogP contribution in [0.3, 0.4) is 0 Å². The Morgan fingerprint density at radius 3 is 2.28 bits per heavy atom. The number of pyridine rings is 1. The van der Waals surface area contributed by atoms with Crippen LogP contribution in [0.25, 0.3) is 0 Å². The highest BCUT2D eigenvalue weighted by Crippen LogP contribution is 2.28. The second kappa shape index (κ2) is 9.43. The van der Waals surface area contributed by atoms with Gasteiger partial charge in [-0.2, -0.15) is 0 Å². The number of nitrogens with one attached hydrogen (secondary N) is 2. The molecule has 0 saturated heterocycles. The van der Waals surface area contributed by atoms with Gasteiger partial charge in [-0.3, -0.25) is 13.8 Å². The molecule has 0 aliphatic carbocycles. The molecular formula is C22H21FN2O3S. The Balaban J connectivity index is 1.76. The highest BCUT2D eigenvalue weighted by molar-refractivity contribution is 7.84. The van der Waals surface area contributed by atoms with Gasteiger partial charge in [0, 0.05) is 52.2 Å². The summed E-state index contributed by atoms with van der Waals surface area (Å²) in [5.41, 5.74) is 1.86. The summed E-state index contributed by atoms with van der Waals surface area (Å²) in [6.45, 7) is 0.370. The van der Waals surface area contributed by atoms with E-state index in [0.717, 1.165) is 16.0 Å². The number of benzene rings is 2. The first-order chi connectivity index (χ1) is 13.9. The quantitative estimate of drug-likeness (QED) is 0.626. The summed E-state index contributed by atoms with van der Waals surface area (Å²) in [7, 11) is -1.07. The van der Waals surface area contributed by atoms with E-state index in [4.69, 9.17) is 0 Å². The molecule has 3 rings (SSSR count). The summed E-state index contributed by atoms with van der Waals surface area (Å²) in [6.07, 6.45) is 3.63. The summed E-state index contributed by atoms with van der Waals surface area (Å²) < 4.78 is 25.0. The van der Waals surface area contributed by atoms with Gasteiger partial charge in [0.25, 0.3) is 5.91 Å². The monoisotopic (exact) mass is 412 g/mol. The van der Waals surface area contributed by atoms with Crippen LogP contribution in [0.5, 0.6) is 0 Å². The van der Waals surface area contributed by atoms with Crippen LogP contribution in [0.2, 0.25) is 0 Å². The zero-order valence-electron chi connectivity index (χ0n) is 15.9. The molecule has 7 heteroatoms. The molecule has 3 aromatic rings. The van der Waals surface area contributed by atoms with Gasteiger partial charge in [-0.05, 0) is 47.9 Å². The number of carbonyl (C=O) groups is 1. The molecular weight excluding hydrogens is 391 g/mol. The molecule has 0 aliphatic heterocycles. The lowest BCUT2D eigenvalue weighted by Gasteiger charge is -2.19. The fraction of sp³-hybridized carbons (Fsp3) is 0.182. The Morgan fingerprint density at radius 1 is 1.07 bits per heavy atom. The van der Waals surface area contributed by atoms with Gasteiger partial charge in [-0.1, -0.05) is 24.3 Å². The lowest BCUT2D eigenvalue weighted by atomic mass is 9.88. The van der Waals surface area contributed by atoms with E-state index in [0.29, 0.717) is 18.5 Å². The third-order valence-electron chi connectivity index (χ3n) is 4.64. The maximum atomic E-state index is 13.4. The van der Waals surface area contributed by atoms with Crippen molar-refractivity contribution in [3.05, 3.63) is 99.7 Å². The summed E-state index contributed by atoms with van der Waals surface area (Å²) >= 11 is 0. The van der Waals surface area contributed by atoms with Gasteiger partial charge < -0.3 is 10.3 Å². The van der Waals surface area contributed by atoms with Gasteiger partial charge in [0.15, 0.2) is 0 Å². The first kappa shape index (κ1) is 20.7. The molecule has 2 unspecified atom stereocenters. The second-order valence-electron chi connectivity index (χ2n) is 6.61. The number of hydrogen-bond acceptors (Lipinski definition) is 3. The van der Waals surface area contributed by atoms with Crippen LogP contribution < -0.4 is 10.9 Å². The molecule has 0 saturated carbocycles. The highest BCUT2D eigenvalue weighted by atomic mass is 32.2. The van der Waals surface area contributed by atoms with Crippen LogP contribution in [0.15, 0.2) is 76.6 Å². The summed E-state index contributed by atoms with van der Waals surface area (Å²) in [5.74, 6) is -0.716. The molecule has 1 heterocycles. The molecule has 0 fully saturated rings. The largest absolute Gasteiger partial charge is 0.352 e. The average molecular weight is 412 g/mol. The van der Waals surface area contributed by atoms with Crippen LogP contribution in [-0.4, -0.2) is 27.9 Å². The zero-order chi connectivity index (χ0) is 20.8. The van der Waals surface area contributed by atoms with Crippen molar-refractivity contribution in [1.29, 1.82) is 0 Å². The summed E-state index contributed by atoms with van der Waals surface area (Å²) in [5, 5.41) is 2.82. The van der Waals surface area contributed by atoms with E-state index in [9.17, 15) is 18.2 Å². The van der Waals surface area contributed by atoms with Crippen LogP contribution >= 0.6 is 0 Å². The van der Waals surface area contributed by atoms with E-state index < -0.39 is 10.8 Å². The van der Waals surface area contributed by atoms with Crippen LogP contribution in [0.1, 0.15) is 33.8 Å². The van der Waals surface area contributed by atoms with Crippen molar-refractivity contribution in [3.8, 4) is 0 Å². The lowest BCUT2D eigenvalue weighted by molar-refractivity contribution is 0.0952. The summed E-state index contributed by atoms with van der Waals surface area (Å²) in [6, 6.07) is 16.5. The van der Waals surface area contributed by atoms with Crippen molar-refractivity contribution in [2.45, 2.75) is 17.2 Å². The molecule has 0 spiro atoms. The molecule has 0 bridgehead atoms. The fourth-order valence-corrected chi connectivity index (χ4v) is 3.65. The van der Waals surface area contributed by atoms with Crippen molar-refractivity contribution >= 4 is 16.7 Å². The average Bonchev–Trinajstić information content (AvgIpc) is 2.72. The Morgan fingerprint density at radius 2 is 1.69 bits per heavy atom. The van der Waals surface area contributed by atoms with E-state index in [2.05, 4.69) is 10.3 Å². The minimum absolute atomic E-state index is 0.0746. The lowest BCUT2D eigenvalue weighted by Crippen LogP contribution is -2.27. The number of carbonyl (C=O) groups excluding carboxylic acids is 1. The predicted molar refractivity (Wildman–Crippen MR) is 111 cm³/mol. The van der Waals surface area contributed by atoms with Crippen molar-refractivity contribution in [3.63, 3.8) is 0 Å². The Kier molecular flexibility index (Phi) is 6.72. The smallest absolute Gasteiger partial charge is 0.251 e. The topological polar surface area (TPSA) is 79.0 Å². The molecule has 1 amide bonds. The van der Waals surface area contributed by atoms with Gasteiger partial charge >= 0.3 is 0 Å². The SMILES string of the molecule is CS(=O)c1ccc(C(CCNC(=O)c2cc[nH]c(=O)c2)c2ccc(F)cc2)cc1.